The van der Waals surface area contributed by atoms with Crippen molar-refractivity contribution in [1.82, 2.24) is 0 Å². The molecule has 0 aliphatic heterocycles. The van der Waals surface area contributed by atoms with Gasteiger partial charge in [0.15, 0.2) is 0 Å². The third-order valence-electron chi connectivity index (χ3n) is 1.39. The molecule has 0 heteroatoms. The number of rotatable bonds is 1. The third kappa shape index (κ3) is 0.738. The summed E-state index contributed by atoms with van der Waals surface area (Å²) >= 11 is 0. The summed E-state index contributed by atoms with van der Waals surface area (Å²) in [7, 11) is 0. The summed E-state index contributed by atoms with van der Waals surface area (Å²) in [6, 6.07) is 0. The van der Waals surface area contributed by atoms with Crippen LogP contribution < -0.4 is 0 Å². The normalized spacial score (nSPS) is 17.1. The molecule has 0 fully saturated rings. The first-order valence-electron chi connectivity index (χ1n) is 2.91. The maximum absolute atomic E-state index is 3.85. The fourth-order valence-corrected chi connectivity index (χ4v) is 0.839. The molecule has 0 amide bonds. The molecule has 0 aromatic rings. The van der Waals surface area contributed by atoms with E-state index in [-0.39, 0.29) is 0 Å². The van der Waals surface area contributed by atoms with E-state index in [1.165, 1.54) is 11.1 Å². The van der Waals surface area contributed by atoms with Gasteiger partial charge < -0.3 is 0 Å². The summed E-state index contributed by atoms with van der Waals surface area (Å²) < 4.78 is 0. The fraction of sp³-hybridized carbons (Fsp3) is 0.250. The molecule has 0 radical (unpaired) electrons. The zero-order valence-corrected chi connectivity index (χ0v) is 5.15. The summed E-state index contributed by atoms with van der Waals surface area (Å²) in [5.41, 5.74) is 2.54. The maximum atomic E-state index is 3.85. The Labute approximate surface area is 50.2 Å². The van der Waals surface area contributed by atoms with E-state index in [0.717, 1.165) is 6.42 Å². The molecule has 0 aromatic heterocycles. The topological polar surface area (TPSA) is 0 Å². The molecule has 0 saturated heterocycles. The van der Waals surface area contributed by atoms with Crippen molar-refractivity contribution in [3.63, 3.8) is 0 Å². The van der Waals surface area contributed by atoms with E-state index >= 15 is 0 Å². The second-order valence-corrected chi connectivity index (χ2v) is 1.93. The average Bonchev–Trinajstić information content (AvgIpc) is 2.14. The molecule has 1 rings (SSSR count). The first kappa shape index (κ1) is 5.36. The first-order chi connectivity index (χ1) is 3.84. The van der Waals surface area contributed by atoms with Crippen LogP contribution in [0.25, 0.3) is 0 Å². The van der Waals surface area contributed by atoms with Gasteiger partial charge in [0.2, 0.25) is 0 Å². The minimum Gasteiger partial charge on any atom is -0.0915 e. The third-order valence-corrected chi connectivity index (χ3v) is 1.39. The van der Waals surface area contributed by atoms with Crippen molar-refractivity contribution in [2.45, 2.75) is 13.3 Å². The summed E-state index contributed by atoms with van der Waals surface area (Å²) in [5, 5.41) is 0. The fourth-order valence-electron chi connectivity index (χ4n) is 0.839. The zero-order valence-electron chi connectivity index (χ0n) is 5.15. The lowest BCUT2D eigenvalue weighted by Crippen LogP contribution is -1.74. The predicted molar refractivity (Wildman–Crippen MR) is 36.7 cm³/mol. The smallest absolute Gasteiger partial charge is 0.0297 e. The summed E-state index contributed by atoms with van der Waals surface area (Å²) in [6.45, 7) is 5.99. The van der Waals surface area contributed by atoms with Crippen LogP contribution in [-0.4, -0.2) is 0 Å². The van der Waals surface area contributed by atoms with Gasteiger partial charge in [0.05, 0.1) is 0 Å². The second kappa shape index (κ2) is 1.99. The Morgan fingerprint density at radius 3 is 2.62 bits per heavy atom. The van der Waals surface area contributed by atoms with Crippen LogP contribution in [0.5, 0.6) is 0 Å². The van der Waals surface area contributed by atoms with Gasteiger partial charge in [-0.25, -0.2) is 0 Å². The standard InChI is InChI=1S/C8H10/c1-3-8-6-4-5-7(8)2/h4-6H,2-3H2,1H3. The minimum atomic E-state index is 1.10. The molecular formula is C8H10. The van der Waals surface area contributed by atoms with Crippen molar-refractivity contribution in [2.75, 3.05) is 0 Å². The van der Waals surface area contributed by atoms with Crippen LogP contribution >= 0.6 is 0 Å². The molecule has 0 atom stereocenters. The van der Waals surface area contributed by atoms with E-state index in [9.17, 15) is 0 Å². The van der Waals surface area contributed by atoms with E-state index < -0.39 is 0 Å². The quantitative estimate of drug-likeness (QED) is 0.481. The van der Waals surface area contributed by atoms with Crippen molar-refractivity contribution in [1.29, 1.82) is 0 Å². The highest BCUT2D eigenvalue weighted by Gasteiger charge is 1.98. The lowest BCUT2D eigenvalue weighted by Gasteiger charge is -1.94. The van der Waals surface area contributed by atoms with Crippen molar-refractivity contribution < 1.29 is 0 Å². The Hall–Kier alpha value is -0.780. The van der Waals surface area contributed by atoms with Gasteiger partial charge in [-0.3, -0.25) is 0 Å². The van der Waals surface area contributed by atoms with Gasteiger partial charge in [-0.1, -0.05) is 31.7 Å². The SMILES string of the molecule is C=C1C=CC=C1CC. The molecule has 0 unspecified atom stereocenters. The zero-order chi connectivity index (χ0) is 5.98. The van der Waals surface area contributed by atoms with Gasteiger partial charge in [0, 0.05) is 0 Å². The number of hydrogen-bond donors (Lipinski definition) is 0. The highest BCUT2D eigenvalue weighted by atomic mass is 14.0. The Bertz CT molecular complexity index is 159. The number of hydrogen-bond acceptors (Lipinski definition) is 0. The second-order valence-electron chi connectivity index (χ2n) is 1.93. The van der Waals surface area contributed by atoms with Crippen LogP contribution in [0.15, 0.2) is 36.0 Å². The average molecular weight is 106 g/mol. The molecule has 0 aromatic carbocycles. The van der Waals surface area contributed by atoms with E-state index in [4.69, 9.17) is 0 Å². The molecule has 0 saturated carbocycles. The van der Waals surface area contributed by atoms with Crippen molar-refractivity contribution in [3.05, 3.63) is 36.0 Å². The summed E-state index contributed by atoms with van der Waals surface area (Å²) in [5.74, 6) is 0. The number of allylic oxidation sites excluding steroid dienone is 5. The van der Waals surface area contributed by atoms with Crippen LogP contribution in [0.2, 0.25) is 0 Å². The van der Waals surface area contributed by atoms with Gasteiger partial charge >= 0.3 is 0 Å². The molecule has 1 aliphatic carbocycles. The van der Waals surface area contributed by atoms with Crippen molar-refractivity contribution >= 4 is 0 Å². The minimum absolute atomic E-state index is 1.10. The monoisotopic (exact) mass is 106 g/mol. The van der Waals surface area contributed by atoms with Crippen LogP contribution in [0.4, 0.5) is 0 Å². The Morgan fingerprint density at radius 1 is 1.62 bits per heavy atom. The first-order valence-corrected chi connectivity index (χ1v) is 2.91. The van der Waals surface area contributed by atoms with Crippen LogP contribution in [-0.2, 0) is 0 Å². The van der Waals surface area contributed by atoms with Gasteiger partial charge in [0.1, 0.15) is 0 Å². The molecule has 1 aliphatic rings. The lowest BCUT2D eigenvalue weighted by atomic mass is 10.1. The highest BCUT2D eigenvalue weighted by Crippen LogP contribution is 2.18. The van der Waals surface area contributed by atoms with Crippen molar-refractivity contribution in [2.24, 2.45) is 0 Å². The highest BCUT2D eigenvalue weighted by molar-refractivity contribution is 5.45. The van der Waals surface area contributed by atoms with Crippen molar-refractivity contribution in [3.8, 4) is 0 Å². The van der Waals surface area contributed by atoms with E-state index in [2.05, 4.69) is 19.6 Å². The lowest BCUT2D eigenvalue weighted by molar-refractivity contribution is 1.14. The maximum Gasteiger partial charge on any atom is -0.0297 e. The van der Waals surface area contributed by atoms with Gasteiger partial charge in [-0.2, -0.15) is 0 Å². The molecule has 0 heterocycles. The van der Waals surface area contributed by atoms with Crippen LogP contribution in [0, 0.1) is 0 Å². The van der Waals surface area contributed by atoms with E-state index in [1.807, 2.05) is 12.2 Å². The molecule has 8 heavy (non-hydrogen) atoms. The molecule has 0 bridgehead atoms. The van der Waals surface area contributed by atoms with Crippen LogP contribution in [0.1, 0.15) is 13.3 Å². The van der Waals surface area contributed by atoms with Gasteiger partial charge in [-0.15, -0.1) is 0 Å². The Morgan fingerprint density at radius 2 is 2.38 bits per heavy atom. The molecule has 0 nitrogen and oxygen atoms in total. The summed E-state index contributed by atoms with van der Waals surface area (Å²) in [6.07, 6.45) is 7.30. The van der Waals surface area contributed by atoms with E-state index in [1.54, 1.807) is 0 Å². The Balaban J connectivity index is 2.73. The molecular weight excluding hydrogens is 96.1 g/mol. The largest absolute Gasteiger partial charge is 0.0915 e. The summed E-state index contributed by atoms with van der Waals surface area (Å²) in [4.78, 5) is 0. The predicted octanol–water partition coefficient (Wildman–Crippen LogP) is 2.45. The molecule has 0 spiro atoms. The molecule has 0 N–H and O–H groups in total. The Kier molecular flexibility index (Phi) is 1.34. The van der Waals surface area contributed by atoms with E-state index in [0.29, 0.717) is 0 Å². The molecule has 42 valence electrons. The van der Waals surface area contributed by atoms with Gasteiger partial charge in [-0.05, 0) is 17.6 Å². The van der Waals surface area contributed by atoms with Gasteiger partial charge in [0.25, 0.3) is 0 Å². The van der Waals surface area contributed by atoms with Crippen LogP contribution in [0.3, 0.4) is 0 Å².